The monoisotopic (exact) mass is 341 g/mol. The van der Waals surface area contributed by atoms with Gasteiger partial charge in [-0.15, -0.1) is 0 Å². The first-order chi connectivity index (χ1) is 12.1. The Balaban J connectivity index is 2.46. The van der Waals surface area contributed by atoms with E-state index in [9.17, 15) is 10.1 Å². The highest BCUT2D eigenvalue weighted by molar-refractivity contribution is 6.03. The lowest BCUT2D eigenvalue weighted by Crippen LogP contribution is -2.12. The lowest BCUT2D eigenvalue weighted by atomic mass is 9.91. The van der Waals surface area contributed by atoms with Gasteiger partial charge in [-0.2, -0.15) is 5.26 Å². The second-order valence-corrected chi connectivity index (χ2v) is 5.11. The Bertz CT molecular complexity index is 767. The zero-order valence-corrected chi connectivity index (χ0v) is 14.5. The zero-order valence-electron chi connectivity index (χ0n) is 14.5. The first-order valence-corrected chi connectivity index (χ1v) is 7.47. The number of nitriles is 1. The van der Waals surface area contributed by atoms with Gasteiger partial charge in [-0.05, 0) is 42.0 Å². The van der Waals surface area contributed by atoms with Crippen LogP contribution in [0.2, 0.25) is 0 Å². The number of ether oxygens (including phenoxy) is 4. The van der Waals surface area contributed by atoms with Crippen molar-refractivity contribution in [1.29, 1.82) is 5.26 Å². The Hall–Kier alpha value is -3.20. The summed E-state index contributed by atoms with van der Waals surface area (Å²) in [6, 6.07) is 11.9. The summed E-state index contributed by atoms with van der Waals surface area (Å²) >= 11 is 0. The van der Waals surface area contributed by atoms with Gasteiger partial charge in [-0.3, -0.25) is 4.79 Å². The molecule has 2 aromatic carbocycles. The number of ketones is 1. The molecule has 0 aliphatic carbocycles. The van der Waals surface area contributed by atoms with Crippen molar-refractivity contribution >= 4 is 5.78 Å². The van der Waals surface area contributed by atoms with Gasteiger partial charge in [0.2, 0.25) is 5.75 Å². The lowest BCUT2D eigenvalue weighted by molar-refractivity contribution is 0.0978. The predicted molar refractivity (Wildman–Crippen MR) is 91.8 cm³/mol. The van der Waals surface area contributed by atoms with Crippen LogP contribution in [0.5, 0.6) is 23.0 Å². The van der Waals surface area contributed by atoms with Crippen molar-refractivity contribution in [3.8, 4) is 29.1 Å². The summed E-state index contributed by atoms with van der Waals surface area (Å²) in [7, 11) is 6.00. The molecule has 0 saturated carbocycles. The minimum Gasteiger partial charge on any atom is -0.497 e. The minimum atomic E-state index is -0.998. The number of carbonyl (C=O) groups excluding carboxylic acids is 1. The van der Waals surface area contributed by atoms with Crippen LogP contribution < -0.4 is 18.9 Å². The molecule has 0 aromatic heterocycles. The van der Waals surface area contributed by atoms with Gasteiger partial charge in [0.25, 0.3) is 0 Å². The van der Waals surface area contributed by atoms with Crippen LogP contribution in [-0.4, -0.2) is 34.2 Å². The molecule has 0 aliphatic rings. The third-order valence-electron chi connectivity index (χ3n) is 3.79. The second kappa shape index (κ2) is 8.06. The maximum Gasteiger partial charge on any atom is 0.203 e. The van der Waals surface area contributed by atoms with E-state index in [2.05, 4.69) is 6.07 Å². The fraction of sp³-hybridized carbons (Fsp3) is 0.263. The number of methoxy groups -OCH3 is 4. The minimum absolute atomic E-state index is 0.320. The topological polar surface area (TPSA) is 77.8 Å². The number of benzene rings is 2. The van der Waals surface area contributed by atoms with Crippen molar-refractivity contribution in [3.05, 3.63) is 47.5 Å². The predicted octanol–water partition coefficient (Wildman–Crippen LogP) is 3.21. The van der Waals surface area contributed by atoms with E-state index in [0.29, 0.717) is 34.1 Å². The van der Waals surface area contributed by atoms with Gasteiger partial charge in [-0.1, -0.05) is 0 Å². The number of hydrogen-bond donors (Lipinski definition) is 0. The highest BCUT2D eigenvalue weighted by atomic mass is 16.5. The van der Waals surface area contributed by atoms with Gasteiger partial charge in [0.15, 0.2) is 17.3 Å². The molecule has 25 heavy (non-hydrogen) atoms. The van der Waals surface area contributed by atoms with Crippen molar-refractivity contribution in [2.45, 2.75) is 5.92 Å². The zero-order chi connectivity index (χ0) is 18.4. The molecular formula is C19H19NO5. The Labute approximate surface area is 146 Å². The summed E-state index contributed by atoms with van der Waals surface area (Å²) < 4.78 is 20.9. The van der Waals surface area contributed by atoms with Crippen LogP contribution in [0.15, 0.2) is 36.4 Å². The van der Waals surface area contributed by atoms with Gasteiger partial charge >= 0.3 is 0 Å². The Morgan fingerprint density at radius 2 is 1.48 bits per heavy atom. The molecule has 0 fully saturated rings. The smallest absolute Gasteiger partial charge is 0.203 e. The second-order valence-electron chi connectivity index (χ2n) is 5.11. The molecule has 0 N–H and O–H groups in total. The van der Waals surface area contributed by atoms with Crippen LogP contribution in [0.3, 0.4) is 0 Å². The molecule has 1 atom stereocenters. The van der Waals surface area contributed by atoms with Crippen LogP contribution in [0.25, 0.3) is 0 Å². The Morgan fingerprint density at radius 1 is 0.920 bits per heavy atom. The number of carbonyl (C=O) groups is 1. The number of Topliss-reactive ketones (excluding diaryl/α,β-unsaturated/α-hetero) is 1. The maximum atomic E-state index is 12.8. The molecule has 2 aromatic rings. The van der Waals surface area contributed by atoms with E-state index < -0.39 is 5.92 Å². The van der Waals surface area contributed by atoms with Crippen LogP contribution in [-0.2, 0) is 0 Å². The third kappa shape index (κ3) is 3.66. The first kappa shape index (κ1) is 18.1. The number of rotatable bonds is 7. The van der Waals surface area contributed by atoms with E-state index in [-0.39, 0.29) is 5.78 Å². The van der Waals surface area contributed by atoms with Gasteiger partial charge in [0.05, 0.1) is 34.5 Å². The fourth-order valence-electron chi connectivity index (χ4n) is 2.47. The van der Waals surface area contributed by atoms with Crippen molar-refractivity contribution in [2.75, 3.05) is 28.4 Å². The molecular weight excluding hydrogens is 322 g/mol. The fourth-order valence-corrected chi connectivity index (χ4v) is 2.47. The van der Waals surface area contributed by atoms with Crippen LogP contribution >= 0.6 is 0 Å². The lowest BCUT2D eigenvalue weighted by Gasteiger charge is -2.16. The van der Waals surface area contributed by atoms with Crippen LogP contribution in [0, 0.1) is 11.3 Å². The summed E-state index contributed by atoms with van der Waals surface area (Å²) in [5.41, 5.74) is 0.888. The molecule has 0 amide bonds. The highest BCUT2D eigenvalue weighted by Gasteiger charge is 2.25. The number of hydrogen-bond acceptors (Lipinski definition) is 6. The van der Waals surface area contributed by atoms with E-state index in [1.807, 2.05) is 0 Å². The molecule has 1 unspecified atom stereocenters. The average molecular weight is 341 g/mol. The van der Waals surface area contributed by atoms with Gasteiger partial charge in [-0.25, -0.2) is 0 Å². The summed E-state index contributed by atoms with van der Waals surface area (Å²) in [6.07, 6.45) is 0. The van der Waals surface area contributed by atoms with Crippen molar-refractivity contribution in [3.63, 3.8) is 0 Å². The highest BCUT2D eigenvalue weighted by Crippen LogP contribution is 2.40. The van der Waals surface area contributed by atoms with Crippen LogP contribution in [0.1, 0.15) is 21.8 Å². The van der Waals surface area contributed by atoms with Crippen molar-refractivity contribution in [1.82, 2.24) is 0 Å². The molecule has 0 spiro atoms. The molecule has 2 rings (SSSR count). The van der Waals surface area contributed by atoms with E-state index >= 15 is 0 Å². The molecule has 130 valence electrons. The van der Waals surface area contributed by atoms with E-state index in [0.717, 1.165) is 0 Å². The third-order valence-corrected chi connectivity index (χ3v) is 3.79. The Morgan fingerprint density at radius 3 is 1.88 bits per heavy atom. The Kier molecular flexibility index (Phi) is 5.85. The largest absolute Gasteiger partial charge is 0.497 e. The first-order valence-electron chi connectivity index (χ1n) is 7.47. The normalized spacial score (nSPS) is 11.2. The summed E-state index contributed by atoms with van der Waals surface area (Å²) in [6.45, 7) is 0. The molecule has 0 radical (unpaired) electrons. The van der Waals surface area contributed by atoms with E-state index in [1.54, 1.807) is 43.5 Å². The molecule has 6 nitrogen and oxygen atoms in total. The maximum absolute atomic E-state index is 12.8. The summed E-state index contributed by atoms with van der Waals surface area (Å²) in [5.74, 6) is 0.501. The molecule has 0 saturated heterocycles. The van der Waals surface area contributed by atoms with E-state index in [1.165, 1.54) is 21.3 Å². The summed E-state index contributed by atoms with van der Waals surface area (Å²) in [5, 5.41) is 9.56. The van der Waals surface area contributed by atoms with Gasteiger partial charge in [0.1, 0.15) is 11.7 Å². The van der Waals surface area contributed by atoms with Gasteiger partial charge in [0, 0.05) is 5.56 Å². The molecule has 0 aliphatic heterocycles. The quantitative estimate of drug-likeness (QED) is 0.720. The average Bonchev–Trinajstić information content (AvgIpc) is 2.67. The van der Waals surface area contributed by atoms with Crippen LogP contribution in [0.4, 0.5) is 0 Å². The number of nitrogens with zero attached hydrogens (tertiary/aromatic N) is 1. The molecule has 0 heterocycles. The summed E-state index contributed by atoms with van der Waals surface area (Å²) in [4.78, 5) is 12.8. The van der Waals surface area contributed by atoms with E-state index in [4.69, 9.17) is 18.9 Å². The standard InChI is InChI=1S/C19H19NO5/c1-22-14-7-5-12(6-8-14)18(21)15(11-20)13-9-16(23-2)19(25-4)17(10-13)24-3/h5-10,15H,1-4H3. The van der Waals surface area contributed by atoms with Gasteiger partial charge < -0.3 is 18.9 Å². The van der Waals surface area contributed by atoms with Crippen molar-refractivity contribution in [2.24, 2.45) is 0 Å². The van der Waals surface area contributed by atoms with Crippen molar-refractivity contribution < 1.29 is 23.7 Å². The molecule has 6 heteroatoms. The SMILES string of the molecule is COc1ccc(C(=O)C(C#N)c2cc(OC)c(OC)c(OC)c2)cc1. The molecule has 0 bridgehead atoms.